The van der Waals surface area contributed by atoms with Crippen LogP contribution < -0.4 is 15.4 Å². The number of nitrogens with zero attached hydrogens (tertiary/aromatic N) is 2. The zero-order valence-electron chi connectivity index (χ0n) is 18.3. The van der Waals surface area contributed by atoms with Gasteiger partial charge in [0.15, 0.2) is 5.96 Å². The molecule has 7 nitrogen and oxygen atoms in total. The third-order valence-electron chi connectivity index (χ3n) is 5.62. The monoisotopic (exact) mass is 404 g/mol. The summed E-state index contributed by atoms with van der Waals surface area (Å²) in [6.07, 6.45) is 5.96. The second-order valence-electron chi connectivity index (χ2n) is 7.96. The van der Waals surface area contributed by atoms with Crippen LogP contribution >= 0.6 is 0 Å². The Hall–Kier alpha value is -2.28. The van der Waals surface area contributed by atoms with Crippen LogP contribution in [0.15, 0.2) is 29.3 Å². The fraction of sp³-hybridized carbons (Fsp3) is 0.636. The molecule has 1 aromatic rings. The van der Waals surface area contributed by atoms with Gasteiger partial charge in [0.05, 0.1) is 20.2 Å². The highest BCUT2D eigenvalue weighted by Crippen LogP contribution is 2.40. The van der Waals surface area contributed by atoms with Crippen LogP contribution in [0.25, 0.3) is 0 Å². The molecule has 0 aromatic heterocycles. The summed E-state index contributed by atoms with van der Waals surface area (Å²) in [6.45, 7) is 2.35. The van der Waals surface area contributed by atoms with Gasteiger partial charge in [-0.1, -0.05) is 25.0 Å². The third kappa shape index (κ3) is 7.57. The van der Waals surface area contributed by atoms with Gasteiger partial charge < -0.3 is 25.0 Å². The highest BCUT2D eigenvalue weighted by atomic mass is 16.5. The smallest absolute Gasteiger partial charge is 0.241 e. The fourth-order valence-electron chi connectivity index (χ4n) is 3.62. The Morgan fingerprint density at radius 1 is 1.14 bits per heavy atom. The standard InChI is InChI=1S/C22H36N4O3/c1-26(2)20(27)16-24-21(23-15-18-7-9-19(29-4)10-8-18)25-17-22(13-14-28-3)11-5-6-12-22/h7-10H,5-6,11-17H2,1-4H3,(H2,23,24,25). The first-order chi connectivity index (χ1) is 14.0. The lowest BCUT2D eigenvalue weighted by molar-refractivity contribution is -0.127. The zero-order chi connectivity index (χ0) is 21.1. The Kier molecular flexibility index (Phi) is 9.25. The number of hydrogen-bond donors (Lipinski definition) is 2. The van der Waals surface area contributed by atoms with Crippen LogP contribution in [0.5, 0.6) is 5.75 Å². The minimum atomic E-state index is 0.0129. The van der Waals surface area contributed by atoms with Crippen molar-refractivity contribution in [3.63, 3.8) is 0 Å². The number of likely N-dealkylation sites (N-methyl/N-ethyl adjacent to an activating group) is 1. The van der Waals surface area contributed by atoms with Crippen molar-refractivity contribution in [3.8, 4) is 5.75 Å². The largest absolute Gasteiger partial charge is 0.497 e. The van der Waals surface area contributed by atoms with E-state index >= 15 is 0 Å². The number of hydrogen-bond acceptors (Lipinski definition) is 4. The molecule has 162 valence electrons. The van der Waals surface area contributed by atoms with Crippen LogP contribution in [0, 0.1) is 5.41 Å². The number of guanidine groups is 1. The van der Waals surface area contributed by atoms with Crippen molar-refractivity contribution in [2.45, 2.75) is 38.6 Å². The van der Waals surface area contributed by atoms with Crippen molar-refractivity contribution in [1.29, 1.82) is 0 Å². The van der Waals surface area contributed by atoms with Crippen molar-refractivity contribution in [2.75, 3.05) is 48.0 Å². The van der Waals surface area contributed by atoms with Crippen molar-refractivity contribution in [2.24, 2.45) is 10.4 Å². The number of benzene rings is 1. The molecule has 0 radical (unpaired) electrons. The SMILES string of the molecule is COCCC1(CNC(=NCc2ccc(OC)cc2)NCC(=O)N(C)C)CCCC1. The van der Waals surface area contributed by atoms with E-state index in [1.807, 2.05) is 24.3 Å². The Morgan fingerprint density at radius 2 is 1.83 bits per heavy atom. The molecule has 0 bridgehead atoms. The van der Waals surface area contributed by atoms with E-state index in [9.17, 15) is 4.79 Å². The quantitative estimate of drug-likeness (QED) is 0.463. The molecule has 1 saturated carbocycles. The number of carbonyl (C=O) groups excluding carboxylic acids is 1. The van der Waals surface area contributed by atoms with Gasteiger partial charge in [0.1, 0.15) is 5.75 Å². The van der Waals surface area contributed by atoms with Gasteiger partial charge in [-0.15, -0.1) is 0 Å². The lowest BCUT2D eigenvalue weighted by atomic mass is 9.83. The van der Waals surface area contributed by atoms with Crippen molar-refractivity contribution < 1.29 is 14.3 Å². The topological polar surface area (TPSA) is 75.2 Å². The fourth-order valence-corrected chi connectivity index (χ4v) is 3.62. The molecule has 29 heavy (non-hydrogen) atoms. The predicted molar refractivity (Wildman–Crippen MR) is 116 cm³/mol. The lowest BCUT2D eigenvalue weighted by Gasteiger charge is -2.30. The molecule has 0 spiro atoms. The van der Waals surface area contributed by atoms with Crippen LogP contribution in [0.4, 0.5) is 0 Å². The van der Waals surface area contributed by atoms with Gasteiger partial charge in [-0.25, -0.2) is 4.99 Å². The van der Waals surface area contributed by atoms with Gasteiger partial charge in [-0.3, -0.25) is 4.79 Å². The van der Waals surface area contributed by atoms with E-state index in [1.54, 1.807) is 33.2 Å². The molecule has 0 saturated heterocycles. The molecule has 7 heteroatoms. The first kappa shape index (κ1) is 23.0. The number of rotatable bonds is 10. The van der Waals surface area contributed by atoms with Gasteiger partial charge in [-0.2, -0.15) is 0 Å². The van der Waals surface area contributed by atoms with Crippen LogP contribution in [0.1, 0.15) is 37.7 Å². The van der Waals surface area contributed by atoms with E-state index < -0.39 is 0 Å². The summed E-state index contributed by atoms with van der Waals surface area (Å²) in [5, 5.41) is 6.67. The van der Waals surface area contributed by atoms with E-state index in [0.717, 1.165) is 30.9 Å². The maximum absolute atomic E-state index is 12.0. The first-order valence-electron chi connectivity index (χ1n) is 10.3. The summed E-state index contributed by atoms with van der Waals surface area (Å²) in [5.74, 6) is 1.51. The summed E-state index contributed by atoms with van der Waals surface area (Å²) in [7, 11) is 6.92. The predicted octanol–water partition coefficient (Wildman–Crippen LogP) is 2.42. The minimum Gasteiger partial charge on any atom is -0.497 e. The molecule has 1 aliphatic carbocycles. The maximum atomic E-state index is 12.0. The van der Waals surface area contributed by atoms with Crippen molar-refractivity contribution >= 4 is 11.9 Å². The normalized spacial score (nSPS) is 15.8. The second kappa shape index (κ2) is 11.7. The average Bonchev–Trinajstić information content (AvgIpc) is 3.20. The summed E-state index contributed by atoms with van der Waals surface area (Å²) in [6, 6.07) is 7.86. The summed E-state index contributed by atoms with van der Waals surface area (Å²) >= 11 is 0. The molecule has 0 aliphatic heterocycles. The third-order valence-corrected chi connectivity index (χ3v) is 5.62. The Labute approximate surface area is 174 Å². The summed E-state index contributed by atoms with van der Waals surface area (Å²) < 4.78 is 10.5. The molecule has 0 heterocycles. The average molecular weight is 405 g/mol. The Bertz CT molecular complexity index is 653. The van der Waals surface area contributed by atoms with Crippen LogP contribution in [-0.2, 0) is 16.1 Å². The molecule has 0 unspecified atom stereocenters. The number of carbonyl (C=O) groups is 1. The molecule has 2 rings (SSSR count). The molecule has 1 aliphatic rings. The Balaban J connectivity index is 2.03. The molecular weight excluding hydrogens is 368 g/mol. The van der Waals surface area contributed by atoms with E-state index in [1.165, 1.54) is 25.7 Å². The van der Waals surface area contributed by atoms with Gasteiger partial charge in [0.25, 0.3) is 0 Å². The van der Waals surface area contributed by atoms with Crippen molar-refractivity contribution in [1.82, 2.24) is 15.5 Å². The van der Waals surface area contributed by atoms with Gasteiger partial charge in [-0.05, 0) is 42.4 Å². The Morgan fingerprint density at radius 3 is 2.41 bits per heavy atom. The molecule has 1 amide bonds. The van der Waals surface area contributed by atoms with Crippen LogP contribution in [-0.4, -0.2) is 64.8 Å². The highest BCUT2D eigenvalue weighted by molar-refractivity contribution is 5.86. The molecule has 1 aromatic carbocycles. The number of methoxy groups -OCH3 is 2. The molecular formula is C22H36N4O3. The number of amides is 1. The summed E-state index contributed by atoms with van der Waals surface area (Å²) in [5.41, 5.74) is 1.32. The molecule has 0 atom stereocenters. The van der Waals surface area contributed by atoms with Crippen molar-refractivity contribution in [3.05, 3.63) is 29.8 Å². The number of nitrogens with one attached hydrogen (secondary N) is 2. The first-order valence-corrected chi connectivity index (χ1v) is 10.3. The minimum absolute atomic E-state index is 0.0129. The van der Waals surface area contributed by atoms with E-state index in [-0.39, 0.29) is 17.9 Å². The second-order valence-corrected chi connectivity index (χ2v) is 7.96. The van der Waals surface area contributed by atoms with Crippen LogP contribution in [0.2, 0.25) is 0 Å². The molecule has 1 fully saturated rings. The number of ether oxygens (including phenoxy) is 2. The molecule has 2 N–H and O–H groups in total. The van der Waals surface area contributed by atoms with E-state index in [4.69, 9.17) is 14.5 Å². The van der Waals surface area contributed by atoms with Gasteiger partial charge in [0.2, 0.25) is 5.91 Å². The van der Waals surface area contributed by atoms with Crippen LogP contribution in [0.3, 0.4) is 0 Å². The van der Waals surface area contributed by atoms with Gasteiger partial charge in [0, 0.05) is 34.4 Å². The lowest BCUT2D eigenvalue weighted by Crippen LogP contribution is -2.46. The number of aliphatic imine (C=N–C) groups is 1. The zero-order valence-corrected chi connectivity index (χ0v) is 18.3. The maximum Gasteiger partial charge on any atom is 0.241 e. The van der Waals surface area contributed by atoms with Gasteiger partial charge >= 0.3 is 0 Å². The highest BCUT2D eigenvalue weighted by Gasteiger charge is 2.33. The van der Waals surface area contributed by atoms with E-state index in [0.29, 0.717) is 12.5 Å². The summed E-state index contributed by atoms with van der Waals surface area (Å²) in [4.78, 5) is 18.3. The van der Waals surface area contributed by atoms with E-state index in [2.05, 4.69) is 10.6 Å².